The van der Waals surface area contributed by atoms with Gasteiger partial charge in [0.15, 0.2) is 0 Å². The molecule has 0 aliphatic heterocycles. The SMILES string of the molecule is CC(O)CC(C)NC(=O)CCCCN. The number of aliphatic hydroxyl groups excluding tert-OH is 1. The third-order valence-corrected chi connectivity index (χ3v) is 1.96. The molecule has 0 aromatic rings. The first-order chi connectivity index (χ1) is 6.56. The van der Waals surface area contributed by atoms with E-state index < -0.39 is 0 Å². The molecular weight excluding hydrogens is 180 g/mol. The number of rotatable bonds is 7. The molecule has 2 atom stereocenters. The number of carbonyl (C=O) groups excluding carboxylic acids is 1. The summed E-state index contributed by atoms with van der Waals surface area (Å²) in [5.74, 6) is 0.0478. The Hall–Kier alpha value is -0.610. The van der Waals surface area contributed by atoms with Gasteiger partial charge in [-0.15, -0.1) is 0 Å². The van der Waals surface area contributed by atoms with Crippen molar-refractivity contribution in [3.05, 3.63) is 0 Å². The summed E-state index contributed by atoms with van der Waals surface area (Å²) in [6, 6.07) is 0.0420. The Morgan fingerprint density at radius 2 is 2.07 bits per heavy atom. The molecule has 14 heavy (non-hydrogen) atoms. The number of nitrogens with one attached hydrogen (secondary N) is 1. The number of carbonyl (C=O) groups is 1. The largest absolute Gasteiger partial charge is 0.393 e. The van der Waals surface area contributed by atoms with Crippen molar-refractivity contribution in [3.63, 3.8) is 0 Å². The summed E-state index contributed by atoms with van der Waals surface area (Å²) < 4.78 is 0. The van der Waals surface area contributed by atoms with Crippen LogP contribution in [0.15, 0.2) is 0 Å². The summed E-state index contributed by atoms with van der Waals surface area (Å²) in [6.07, 6.45) is 2.49. The summed E-state index contributed by atoms with van der Waals surface area (Å²) in [4.78, 5) is 11.3. The highest BCUT2D eigenvalue weighted by atomic mass is 16.3. The van der Waals surface area contributed by atoms with Crippen molar-refractivity contribution in [2.75, 3.05) is 6.54 Å². The van der Waals surface area contributed by atoms with Crippen LogP contribution in [0.5, 0.6) is 0 Å². The van der Waals surface area contributed by atoms with E-state index >= 15 is 0 Å². The van der Waals surface area contributed by atoms with Gasteiger partial charge >= 0.3 is 0 Å². The van der Waals surface area contributed by atoms with Crippen LogP contribution in [0.4, 0.5) is 0 Å². The van der Waals surface area contributed by atoms with Gasteiger partial charge in [-0.1, -0.05) is 0 Å². The molecule has 0 radical (unpaired) electrons. The predicted molar refractivity (Wildman–Crippen MR) is 56.8 cm³/mol. The topological polar surface area (TPSA) is 75.3 Å². The highest BCUT2D eigenvalue weighted by molar-refractivity contribution is 5.76. The molecule has 84 valence electrons. The predicted octanol–water partition coefficient (Wildman–Crippen LogP) is 0.391. The van der Waals surface area contributed by atoms with Crippen LogP contribution in [-0.2, 0) is 4.79 Å². The first kappa shape index (κ1) is 13.4. The number of hydrogen-bond donors (Lipinski definition) is 3. The van der Waals surface area contributed by atoms with E-state index in [4.69, 9.17) is 10.8 Å². The maximum atomic E-state index is 11.3. The summed E-state index contributed by atoms with van der Waals surface area (Å²) in [6.45, 7) is 4.25. The second-order valence-electron chi connectivity index (χ2n) is 3.80. The van der Waals surface area contributed by atoms with Crippen LogP contribution in [0.3, 0.4) is 0 Å². The molecule has 0 aromatic heterocycles. The van der Waals surface area contributed by atoms with Crippen molar-refractivity contribution in [1.82, 2.24) is 5.32 Å². The van der Waals surface area contributed by atoms with Crippen molar-refractivity contribution < 1.29 is 9.90 Å². The summed E-state index contributed by atoms with van der Waals surface area (Å²) >= 11 is 0. The Bertz CT molecular complexity index is 160. The summed E-state index contributed by atoms with van der Waals surface area (Å²) in [7, 11) is 0. The highest BCUT2D eigenvalue weighted by Crippen LogP contribution is 1.99. The Labute approximate surface area is 85.9 Å². The summed E-state index contributed by atoms with van der Waals surface area (Å²) in [5, 5.41) is 11.9. The Balaban J connectivity index is 3.50. The molecule has 0 saturated carbocycles. The molecule has 1 amide bonds. The van der Waals surface area contributed by atoms with Gasteiger partial charge in [0.25, 0.3) is 0 Å². The van der Waals surface area contributed by atoms with Crippen LogP contribution in [0.25, 0.3) is 0 Å². The van der Waals surface area contributed by atoms with Crippen molar-refractivity contribution in [2.45, 2.75) is 51.7 Å². The van der Waals surface area contributed by atoms with E-state index in [-0.39, 0.29) is 18.1 Å². The third kappa shape index (κ3) is 8.01. The van der Waals surface area contributed by atoms with E-state index in [2.05, 4.69) is 5.32 Å². The maximum Gasteiger partial charge on any atom is 0.220 e. The molecule has 0 rings (SSSR count). The molecule has 4 N–H and O–H groups in total. The molecular formula is C10H22N2O2. The first-order valence-electron chi connectivity index (χ1n) is 5.23. The fourth-order valence-electron chi connectivity index (χ4n) is 1.35. The Morgan fingerprint density at radius 3 is 2.57 bits per heavy atom. The molecule has 0 fully saturated rings. The normalized spacial score (nSPS) is 14.9. The first-order valence-corrected chi connectivity index (χ1v) is 5.23. The molecule has 0 spiro atoms. The van der Waals surface area contributed by atoms with Gasteiger partial charge in [0.2, 0.25) is 5.91 Å². The standard InChI is InChI=1S/C10H22N2O2/c1-8(7-9(2)13)12-10(14)5-3-4-6-11/h8-9,13H,3-7,11H2,1-2H3,(H,12,14). The van der Waals surface area contributed by atoms with Gasteiger partial charge in [-0.05, 0) is 39.7 Å². The van der Waals surface area contributed by atoms with Crippen LogP contribution in [0, 0.1) is 0 Å². The molecule has 0 aromatic carbocycles. The van der Waals surface area contributed by atoms with Gasteiger partial charge in [-0.25, -0.2) is 0 Å². The van der Waals surface area contributed by atoms with Crippen LogP contribution in [-0.4, -0.2) is 29.7 Å². The zero-order chi connectivity index (χ0) is 11.0. The quantitative estimate of drug-likeness (QED) is 0.523. The zero-order valence-corrected chi connectivity index (χ0v) is 9.12. The van der Waals surface area contributed by atoms with Crippen molar-refractivity contribution >= 4 is 5.91 Å². The van der Waals surface area contributed by atoms with Crippen molar-refractivity contribution in [3.8, 4) is 0 Å². The van der Waals surface area contributed by atoms with Crippen LogP contribution in [0.2, 0.25) is 0 Å². The smallest absolute Gasteiger partial charge is 0.220 e. The third-order valence-electron chi connectivity index (χ3n) is 1.96. The van der Waals surface area contributed by atoms with Gasteiger partial charge in [0, 0.05) is 12.5 Å². The second-order valence-corrected chi connectivity index (χ2v) is 3.80. The van der Waals surface area contributed by atoms with E-state index in [1.54, 1.807) is 6.92 Å². The molecule has 0 aliphatic rings. The van der Waals surface area contributed by atoms with Crippen LogP contribution in [0.1, 0.15) is 39.5 Å². The van der Waals surface area contributed by atoms with Gasteiger partial charge in [-0.2, -0.15) is 0 Å². The zero-order valence-electron chi connectivity index (χ0n) is 9.12. The van der Waals surface area contributed by atoms with Gasteiger partial charge in [0.05, 0.1) is 6.10 Å². The number of unbranched alkanes of at least 4 members (excludes halogenated alkanes) is 1. The molecule has 4 heteroatoms. The molecule has 0 bridgehead atoms. The monoisotopic (exact) mass is 202 g/mol. The minimum absolute atomic E-state index is 0.0420. The van der Waals surface area contributed by atoms with E-state index in [0.717, 1.165) is 12.8 Å². The lowest BCUT2D eigenvalue weighted by atomic mass is 10.1. The lowest BCUT2D eigenvalue weighted by Crippen LogP contribution is -2.34. The highest BCUT2D eigenvalue weighted by Gasteiger charge is 2.08. The van der Waals surface area contributed by atoms with Gasteiger partial charge in [-0.3, -0.25) is 4.79 Å². The second kappa shape index (κ2) is 7.76. The number of hydrogen-bond acceptors (Lipinski definition) is 3. The molecule has 0 heterocycles. The number of aliphatic hydroxyl groups is 1. The van der Waals surface area contributed by atoms with Gasteiger partial charge < -0.3 is 16.2 Å². The fourth-order valence-corrected chi connectivity index (χ4v) is 1.35. The maximum absolute atomic E-state index is 11.3. The van der Waals surface area contributed by atoms with E-state index in [1.165, 1.54) is 0 Å². The molecule has 0 aliphatic carbocycles. The Kier molecular flexibility index (Phi) is 7.42. The number of amides is 1. The van der Waals surface area contributed by atoms with Crippen LogP contribution >= 0.6 is 0 Å². The van der Waals surface area contributed by atoms with E-state index in [0.29, 0.717) is 19.4 Å². The average molecular weight is 202 g/mol. The molecule has 2 unspecified atom stereocenters. The summed E-state index contributed by atoms with van der Waals surface area (Å²) in [5.41, 5.74) is 5.32. The van der Waals surface area contributed by atoms with Crippen LogP contribution < -0.4 is 11.1 Å². The van der Waals surface area contributed by atoms with E-state index in [9.17, 15) is 4.79 Å². The lowest BCUT2D eigenvalue weighted by molar-refractivity contribution is -0.121. The molecule has 4 nitrogen and oxygen atoms in total. The number of nitrogens with two attached hydrogens (primary N) is 1. The lowest BCUT2D eigenvalue weighted by Gasteiger charge is -2.15. The molecule has 0 saturated heterocycles. The minimum atomic E-state index is -0.366. The van der Waals surface area contributed by atoms with Crippen molar-refractivity contribution in [1.29, 1.82) is 0 Å². The van der Waals surface area contributed by atoms with Gasteiger partial charge in [0.1, 0.15) is 0 Å². The fraction of sp³-hybridized carbons (Fsp3) is 0.900. The van der Waals surface area contributed by atoms with E-state index in [1.807, 2.05) is 6.92 Å². The average Bonchev–Trinajstić information content (AvgIpc) is 2.02. The Morgan fingerprint density at radius 1 is 1.43 bits per heavy atom. The minimum Gasteiger partial charge on any atom is -0.393 e. The van der Waals surface area contributed by atoms with Crippen molar-refractivity contribution in [2.24, 2.45) is 5.73 Å².